The van der Waals surface area contributed by atoms with Gasteiger partial charge in [0, 0.05) is 22.0 Å². The molecule has 30 heavy (non-hydrogen) atoms. The average molecular weight is 512 g/mol. The van der Waals surface area contributed by atoms with Crippen LogP contribution < -0.4 is 9.47 Å². The normalized spacial score (nSPS) is 12.4. The first kappa shape index (κ1) is 21.0. The minimum absolute atomic E-state index is 0.0998. The van der Waals surface area contributed by atoms with Crippen LogP contribution in [0.2, 0.25) is 10.0 Å². The molecule has 4 rings (SSSR count). The fraction of sp³-hybridized carbons (Fsp3) is 0.238. The minimum atomic E-state index is -0.559. The van der Waals surface area contributed by atoms with Crippen molar-refractivity contribution in [1.82, 2.24) is 9.78 Å². The maximum atomic E-state index is 12.6. The van der Waals surface area contributed by atoms with E-state index in [1.54, 1.807) is 36.9 Å². The van der Waals surface area contributed by atoms with E-state index in [4.69, 9.17) is 37.4 Å². The molecule has 2 heterocycles. The van der Waals surface area contributed by atoms with E-state index in [1.165, 1.54) is 0 Å². The van der Waals surface area contributed by atoms with Crippen LogP contribution in [0.15, 0.2) is 34.8 Å². The molecule has 0 atom stereocenters. The SMILES string of the molecule is CCOC(=O)c1nn(-c2cc(Cl)cc(Cl)c2)c2c1OCCc1cc(OC)c(Br)cc1-2. The molecule has 0 N–H and O–H groups in total. The topological polar surface area (TPSA) is 62.6 Å². The number of fused-ring (bicyclic) bond motifs is 3. The van der Waals surface area contributed by atoms with Crippen LogP contribution in [-0.2, 0) is 11.2 Å². The number of hydrogen-bond acceptors (Lipinski definition) is 5. The van der Waals surface area contributed by atoms with Gasteiger partial charge in [-0.05, 0) is 58.7 Å². The molecule has 2 aromatic carbocycles. The molecule has 0 spiro atoms. The second-order valence-corrected chi connectivity index (χ2v) is 8.26. The Morgan fingerprint density at radius 2 is 1.97 bits per heavy atom. The summed E-state index contributed by atoms with van der Waals surface area (Å²) in [7, 11) is 1.61. The molecule has 6 nitrogen and oxygen atoms in total. The van der Waals surface area contributed by atoms with E-state index in [1.807, 2.05) is 12.1 Å². The Labute approximate surface area is 191 Å². The van der Waals surface area contributed by atoms with Crippen LogP contribution >= 0.6 is 39.1 Å². The Morgan fingerprint density at radius 3 is 2.63 bits per heavy atom. The van der Waals surface area contributed by atoms with Crippen molar-refractivity contribution in [2.45, 2.75) is 13.3 Å². The molecule has 3 aromatic rings. The van der Waals surface area contributed by atoms with Crippen LogP contribution in [0.25, 0.3) is 16.9 Å². The fourth-order valence-corrected chi connectivity index (χ4v) is 4.42. The van der Waals surface area contributed by atoms with Crippen molar-refractivity contribution in [3.63, 3.8) is 0 Å². The third-order valence-electron chi connectivity index (χ3n) is 4.65. The molecule has 0 unspecified atom stereocenters. The van der Waals surface area contributed by atoms with Gasteiger partial charge in [-0.3, -0.25) is 0 Å². The number of ether oxygens (including phenoxy) is 3. The number of esters is 1. The summed E-state index contributed by atoms with van der Waals surface area (Å²) in [4.78, 5) is 12.6. The van der Waals surface area contributed by atoms with E-state index in [2.05, 4.69) is 21.0 Å². The molecule has 0 bridgehead atoms. The third kappa shape index (κ3) is 3.77. The van der Waals surface area contributed by atoms with E-state index in [-0.39, 0.29) is 12.3 Å². The van der Waals surface area contributed by atoms with E-state index >= 15 is 0 Å². The summed E-state index contributed by atoms with van der Waals surface area (Å²) < 4.78 is 19.0. The zero-order valence-corrected chi connectivity index (χ0v) is 19.3. The second-order valence-electron chi connectivity index (χ2n) is 6.53. The van der Waals surface area contributed by atoms with Gasteiger partial charge in [0.25, 0.3) is 0 Å². The molecule has 0 aliphatic carbocycles. The lowest BCUT2D eigenvalue weighted by atomic mass is 10.0. The van der Waals surface area contributed by atoms with Gasteiger partial charge in [0.1, 0.15) is 11.4 Å². The number of carbonyl (C=O) groups is 1. The molecule has 0 fully saturated rings. The van der Waals surface area contributed by atoms with E-state index in [0.29, 0.717) is 46.0 Å². The number of methoxy groups -OCH3 is 1. The van der Waals surface area contributed by atoms with Crippen LogP contribution in [0, 0.1) is 0 Å². The number of aromatic nitrogens is 2. The molecule has 1 aliphatic heterocycles. The van der Waals surface area contributed by atoms with E-state index < -0.39 is 5.97 Å². The number of halogens is 3. The summed E-state index contributed by atoms with van der Waals surface area (Å²) in [6, 6.07) is 8.95. The first-order valence-electron chi connectivity index (χ1n) is 9.19. The van der Waals surface area contributed by atoms with Crippen molar-refractivity contribution >= 4 is 45.1 Å². The molecule has 0 saturated heterocycles. The van der Waals surface area contributed by atoms with Gasteiger partial charge in [-0.1, -0.05) is 23.2 Å². The molecule has 0 amide bonds. The highest BCUT2D eigenvalue weighted by Crippen LogP contribution is 2.43. The molecule has 1 aliphatic rings. The molecule has 156 valence electrons. The van der Waals surface area contributed by atoms with Gasteiger partial charge in [-0.25, -0.2) is 9.48 Å². The lowest BCUT2D eigenvalue weighted by Crippen LogP contribution is -2.09. The number of nitrogens with zero attached hydrogens (tertiary/aromatic N) is 2. The average Bonchev–Trinajstić information content (AvgIpc) is 2.98. The summed E-state index contributed by atoms with van der Waals surface area (Å²) >= 11 is 16.0. The smallest absolute Gasteiger partial charge is 0.362 e. The van der Waals surface area contributed by atoms with Crippen molar-refractivity contribution in [1.29, 1.82) is 0 Å². The monoisotopic (exact) mass is 510 g/mol. The maximum absolute atomic E-state index is 12.6. The standard InChI is InChI=1S/C21H17BrCl2N2O4/c1-3-29-21(27)18-20-19(26(25-18)14-8-12(23)7-13(24)9-14)15-10-16(22)17(28-2)6-11(15)4-5-30-20/h6-10H,3-5H2,1-2H3. The maximum Gasteiger partial charge on any atom is 0.362 e. The van der Waals surface area contributed by atoms with Crippen molar-refractivity contribution < 1.29 is 19.0 Å². The number of benzene rings is 2. The highest BCUT2D eigenvalue weighted by molar-refractivity contribution is 9.10. The number of rotatable bonds is 4. The molecule has 1 aromatic heterocycles. The highest BCUT2D eigenvalue weighted by Gasteiger charge is 2.31. The Kier molecular flexibility index (Phi) is 5.95. The highest BCUT2D eigenvalue weighted by atomic mass is 79.9. The molecular formula is C21H17BrCl2N2O4. The van der Waals surface area contributed by atoms with Crippen molar-refractivity contribution in [2.75, 3.05) is 20.3 Å². The van der Waals surface area contributed by atoms with Gasteiger partial charge in [-0.15, -0.1) is 0 Å². The summed E-state index contributed by atoms with van der Waals surface area (Å²) in [6.07, 6.45) is 0.631. The van der Waals surface area contributed by atoms with E-state index in [0.717, 1.165) is 15.6 Å². The third-order valence-corrected chi connectivity index (χ3v) is 5.71. The van der Waals surface area contributed by atoms with E-state index in [9.17, 15) is 4.79 Å². The fourth-order valence-electron chi connectivity index (χ4n) is 3.40. The summed E-state index contributed by atoms with van der Waals surface area (Å²) in [6.45, 7) is 2.34. The zero-order valence-electron chi connectivity index (χ0n) is 16.2. The summed E-state index contributed by atoms with van der Waals surface area (Å²) in [5.74, 6) is 0.511. The van der Waals surface area contributed by atoms with Gasteiger partial charge >= 0.3 is 5.97 Å². The van der Waals surface area contributed by atoms with Crippen LogP contribution in [0.1, 0.15) is 23.0 Å². The summed E-state index contributed by atoms with van der Waals surface area (Å²) in [5, 5.41) is 5.43. The molecule has 9 heteroatoms. The van der Waals surface area contributed by atoms with Crippen molar-refractivity contribution in [3.8, 4) is 28.4 Å². The summed E-state index contributed by atoms with van der Waals surface area (Å²) in [5.41, 5.74) is 3.17. The van der Waals surface area contributed by atoms with Gasteiger partial charge in [0.2, 0.25) is 5.69 Å². The lowest BCUT2D eigenvalue weighted by Gasteiger charge is -2.13. The second kappa shape index (κ2) is 8.49. The van der Waals surface area contributed by atoms with Crippen molar-refractivity contribution in [3.05, 3.63) is 56.1 Å². The number of hydrogen-bond donors (Lipinski definition) is 0. The lowest BCUT2D eigenvalue weighted by molar-refractivity contribution is 0.0514. The quantitative estimate of drug-likeness (QED) is 0.418. The van der Waals surface area contributed by atoms with Crippen LogP contribution in [-0.4, -0.2) is 36.1 Å². The van der Waals surface area contributed by atoms with Crippen molar-refractivity contribution in [2.24, 2.45) is 0 Å². The first-order valence-corrected chi connectivity index (χ1v) is 10.7. The first-order chi connectivity index (χ1) is 14.4. The molecule has 0 saturated carbocycles. The zero-order chi connectivity index (χ0) is 21.4. The molecular weight excluding hydrogens is 495 g/mol. The van der Waals surface area contributed by atoms with Crippen LogP contribution in [0.5, 0.6) is 11.5 Å². The predicted molar refractivity (Wildman–Crippen MR) is 118 cm³/mol. The van der Waals surface area contributed by atoms with Gasteiger partial charge in [-0.2, -0.15) is 5.10 Å². The van der Waals surface area contributed by atoms with Crippen LogP contribution in [0.3, 0.4) is 0 Å². The Balaban J connectivity index is 2.03. The minimum Gasteiger partial charge on any atom is -0.496 e. The van der Waals surface area contributed by atoms with Gasteiger partial charge in [0.15, 0.2) is 5.75 Å². The van der Waals surface area contributed by atoms with Gasteiger partial charge < -0.3 is 14.2 Å². The van der Waals surface area contributed by atoms with Gasteiger partial charge in [0.05, 0.1) is 30.5 Å². The Hall–Kier alpha value is -2.22. The largest absolute Gasteiger partial charge is 0.496 e. The number of carbonyl (C=O) groups excluding carboxylic acids is 1. The Bertz CT molecular complexity index is 1130. The predicted octanol–water partition coefficient (Wildman–Crippen LogP) is 5.73. The Morgan fingerprint density at radius 1 is 1.23 bits per heavy atom. The van der Waals surface area contributed by atoms with Crippen LogP contribution in [0.4, 0.5) is 0 Å². The molecule has 0 radical (unpaired) electrons.